The van der Waals surface area contributed by atoms with E-state index >= 15 is 0 Å². The van der Waals surface area contributed by atoms with Crippen LogP contribution < -0.4 is 0 Å². The second-order valence-corrected chi connectivity index (χ2v) is 6.89. The maximum Gasteiger partial charge on any atom is 0.0768 e. The summed E-state index contributed by atoms with van der Waals surface area (Å²) in [6.45, 7) is 4.44. The predicted octanol–water partition coefficient (Wildman–Crippen LogP) is 4.94. The molecule has 1 aliphatic heterocycles. The molecule has 1 atom stereocenters. The number of alkyl halides is 1. The van der Waals surface area contributed by atoms with Gasteiger partial charge in [0.2, 0.25) is 0 Å². The molecule has 1 fully saturated rings. The van der Waals surface area contributed by atoms with E-state index in [1.807, 2.05) is 0 Å². The number of halogens is 1. The largest absolute Gasteiger partial charge is 0.370 e. The number of benzene rings is 2. The fourth-order valence-electron chi connectivity index (χ4n) is 3.78. The Kier molecular flexibility index (Phi) is 3.94. The van der Waals surface area contributed by atoms with E-state index in [1.165, 1.54) is 11.1 Å². The molecule has 0 saturated carbocycles. The minimum absolute atomic E-state index is 0.103. The Labute approximate surface area is 135 Å². The van der Waals surface area contributed by atoms with Crippen molar-refractivity contribution in [3.8, 4) is 0 Å². The van der Waals surface area contributed by atoms with Gasteiger partial charge in [-0.05, 0) is 31.4 Å². The summed E-state index contributed by atoms with van der Waals surface area (Å²) in [5.74, 6) is 0. The molecule has 21 heavy (non-hydrogen) atoms. The third kappa shape index (κ3) is 2.35. The molecule has 2 heteroatoms. The molecule has 1 saturated heterocycles. The van der Waals surface area contributed by atoms with Crippen LogP contribution in [0.25, 0.3) is 0 Å². The summed E-state index contributed by atoms with van der Waals surface area (Å²) in [6.07, 6.45) is 1.24. The van der Waals surface area contributed by atoms with Crippen LogP contribution in [-0.2, 0) is 10.2 Å². The van der Waals surface area contributed by atoms with Crippen molar-refractivity contribution < 1.29 is 4.74 Å². The van der Waals surface area contributed by atoms with Crippen molar-refractivity contribution >= 4 is 15.9 Å². The van der Waals surface area contributed by atoms with Crippen molar-refractivity contribution in [1.82, 2.24) is 0 Å². The van der Waals surface area contributed by atoms with Gasteiger partial charge in [0.15, 0.2) is 0 Å². The monoisotopic (exact) mass is 344 g/mol. The fourth-order valence-corrected chi connectivity index (χ4v) is 4.14. The number of hydrogen-bond acceptors (Lipinski definition) is 1. The Morgan fingerprint density at radius 2 is 1.43 bits per heavy atom. The van der Waals surface area contributed by atoms with E-state index in [4.69, 9.17) is 4.74 Å². The van der Waals surface area contributed by atoms with Gasteiger partial charge in [0, 0.05) is 5.33 Å². The molecular weight excluding hydrogens is 324 g/mol. The Morgan fingerprint density at radius 1 is 0.952 bits per heavy atom. The van der Waals surface area contributed by atoms with Gasteiger partial charge in [0.1, 0.15) is 0 Å². The number of ether oxygens (including phenoxy) is 1. The van der Waals surface area contributed by atoms with Crippen molar-refractivity contribution in [2.45, 2.75) is 37.4 Å². The molecule has 1 heterocycles. The Hall–Kier alpha value is -1.12. The lowest BCUT2D eigenvalue weighted by Crippen LogP contribution is -2.44. The fraction of sp³-hybridized carbons (Fsp3) is 0.368. The molecule has 0 N–H and O–H groups in total. The lowest BCUT2D eigenvalue weighted by atomic mass is 9.63. The highest BCUT2D eigenvalue weighted by atomic mass is 79.9. The maximum absolute atomic E-state index is 6.38. The molecule has 0 aromatic heterocycles. The first-order chi connectivity index (χ1) is 10.1. The van der Waals surface area contributed by atoms with Crippen LogP contribution in [0.2, 0.25) is 0 Å². The van der Waals surface area contributed by atoms with Gasteiger partial charge in [-0.3, -0.25) is 0 Å². The topological polar surface area (TPSA) is 9.23 Å². The Bertz CT molecular complexity index is 552. The van der Waals surface area contributed by atoms with E-state index in [-0.39, 0.29) is 17.1 Å². The molecule has 0 aliphatic carbocycles. The average molecular weight is 345 g/mol. The third-order valence-corrected chi connectivity index (χ3v) is 5.45. The smallest absolute Gasteiger partial charge is 0.0768 e. The molecule has 3 rings (SSSR count). The first kappa shape index (κ1) is 14.8. The van der Waals surface area contributed by atoms with E-state index in [1.54, 1.807) is 0 Å². The van der Waals surface area contributed by atoms with Crippen molar-refractivity contribution in [2.75, 3.05) is 5.33 Å². The lowest BCUT2D eigenvalue weighted by molar-refractivity contribution is -0.0243. The van der Waals surface area contributed by atoms with Crippen LogP contribution in [0.3, 0.4) is 0 Å². The van der Waals surface area contributed by atoms with Crippen molar-refractivity contribution in [3.63, 3.8) is 0 Å². The first-order valence-electron chi connectivity index (χ1n) is 7.45. The zero-order valence-electron chi connectivity index (χ0n) is 12.6. The average Bonchev–Trinajstić information content (AvgIpc) is 2.81. The number of hydrogen-bond donors (Lipinski definition) is 0. The van der Waals surface area contributed by atoms with E-state index in [0.29, 0.717) is 0 Å². The number of rotatable bonds is 3. The van der Waals surface area contributed by atoms with Crippen LogP contribution in [0.4, 0.5) is 0 Å². The summed E-state index contributed by atoms with van der Waals surface area (Å²) in [5, 5.41) is 0.873. The molecule has 110 valence electrons. The highest BCUT2D eigenvalue weighted by Crippen LogP contribution is 2.53. The van der Waals surface area contributed by atoms with Gasteiger partial charge < -0.3 is 4.74 Å². The highest BCUT2D eigenvalue weighted by Gasteiger charge is 2.55. The molecule has 0 radical (unpaired) electrons. The van der Waals surface area contributed by atoms with Gasteiger partial charge in [-0.25, -0.2) is 0 Å². The van der Waals surface area contributed by atoms with Gasteiger partial charge in [0.05, 0.1) is 17.1 Å². The van der Waals surface area contributed by atoms with E-state index in [2.05, 4.69) is 90.4 Å². The first-order valence-corrected chi connectivity index (χ1v) is 8.57. The van der Waals surface area contributed by atoms with E-state index in [9.17, 15) is 0 Å². The van der Waals surface area contributed by atoms with Crippen molar-refractivity contribution in [2.24, 2.45) is 0 Å². The second kappa shape index (κ2) is 5.58. The molecule has 1 nitrogen and oxygen atoms in total. The van der Waals surface area contributed by atoms with Crippen LogP contribution in [-0.4, -0.2) is 17.0 Å². The van der Waals surface area contributed by atoms with Gasteiger partial charge in [0.25, 0.3) is 0 Å². The molecule has 2 aromatic carbocycles. The predicted molar refractivity (Wildman–Crippen MR) is 91.0 cm³/mol. The van der Waals surface area contributed by atoms with Crippen LogP contribution in [0, 0.1) is 0 Å². The molecule has 2 aromatic rings. The lowest BCUT2D eigenvalue weighted by Gasteiger charge is -2.41. The third-order valence-electron chi connectivity index (χ3n) is 4.73. The van der Waals surface area contributed by atoms with Gasteiger partial charge in [-0.1, -0.05) is 76.6 Å². The molecule has 0 amide bonds. The van der Waals surface area contributed by atoms with Crippen LogP contribution in [0.5, 0.6) is 0 Å². The minimum atomic E-state index is -0.242. The normalized spacial score (nSPS) is 23.1. The summed E-state index contributed by atoms with van der Waals surface area (Å²) < 4.78 is 6.38. The molecule has 0 bridgehead atoms. The minimum Gasteiger partial charge on any atom is -0.370 e. The standard InChI is InChI=1S/C19H21BrO/c1-18(2)19(13-17(14-20)21-18,15-9-5-3-6-10-15)16-11-7-4-8-12-16/h3-12,17H,13-14H2,1-2H3/t17-/m0/s1. The summed E-state index contributed by atoms with van der Waals surface area (Å²) in [7, 11) is 0. The van der Waals surface area contributed by atoms with Gasteiger partial charge >= 0.3 is 0 Å². The Morgan fingerprint density at radius 3 is 1.81 bits per heavy atom. The van der Waals surface area contributed by atoms with E-state index in [0.717, 1.165) is 11.8 Å². The summed E-state index contributed by atoms with van der Waals surface area (Å²) in [4.78, 5) is 0. The zero-order valence-corrected chi connectivity index (χ0v) is 14.1. The molecule has 1 aliphatic rings. The van der Waals surface area contributed by atoms with Crippen LogP contribution in [0.15, 0.2) is 60.7 Å². The second-order valence-electron chi connectivity index (χ2n) is 6.25. The summed E-state index contributed by atoms with van der Waals surface area (Å²) in [6, 6.07) is 21.6. The quantitative estimate of drug-likeness (QED) is 0.717. The van der Waals surface area contributed by atoms with Crippen LogP contribution >= 0.6 is 15.9 Å². The maximum atomic E-state index is 6.38. The highest BCUT2D eigenvalue weighted by molar-refractivity contribution is 9.09. The zero-order chi connectivity index (χ0) is 14.9. The van der Waals surface area contributed by atoms with Crippen molar-refractivity contribution in [1.29, 1.82) is 0 Å². The SMILES string of the molecule is CC1(C)O[C@H](CBr)CC1(c1ccccc1)c1ccccc1. The summed E-state index contributed by atoms with van der Waals surface area (Å²) in [5.41, 5.74) is 2.33. The van der Waals surface area contributed by atoms with Gasteiger partial charge in [-0.15, -0.1) is 0 Å². The molecule has 0 unspecified atom stereocenters. The Balaban J connectivity index is 2.22. The van der Waals surface area contributed by atoms with E-state index < -0.39 is 0 Å². The molecular formula is C19H21BrO. The van der Waals surface area contributed by atoms with Crippen LogP contribution in [0.1, 0.15) is 31.4 Å². The summed E-state index contributed by atoms with van der Waals surface area (Å²) >= 11 is 3.60. The van der Waals surface area contributed by atoms with Crippen molar-refractivity contribution in [3.05, 3.63) is 71.8 Å². The van der Waals surface area contributed by atoms with Gasteiger partial charge in [-0.2, -0.15) is 0 Å². The molecule has 0 spiro atoms.